The minimum atomic E-state index is -0.203. The molecule has 0 bridgehead atoms. The third-order valence-electron chi connectivity index (χ3n) is 4.23. The normalized spacial score (nSPS) is 10.5. The zero-order chi connectivity index (χ0) is 19.9. The second-order valence-corrected chi connectivity index (χ2v) is 6.11. The van der Waals surface area contributed by atoms with Crippen molar-refractivity contribution < 1.29 is 19.1 Å². The lowest BCUT2D eigenvalue weighted by molar-refractivity contribution is -0.120. The fourth-order valence-corrected chi connectivity index (χ4v) is 2.80. The molecule has 2 amide bonds. The second kappa shape index (κ2) is 8.90. The molecule has 0 saturated carbocycles. The van der Waals surface area contributed by atoms with Crippen molar-refractivity contribution in [3.8, 4) is 11.5 Å². The number of methoxy groups -OCH3 is 2. The lowest BCUT2D eigenvalue weighted by Gasteiger charge is -2.10. The van der Waals surface area contributed by atoms with Gasteiger partial charge in [0, 0.05) is 18.7 Å². The number of nitrogens with one attached hydrogen (secondary N) is 3. The molecule has 0 saturated heterocycles. The summed E-state index contributed by atoms with van der Waals surface area (Å²) in [6.45, 7) is 0.668. The summed E-state index contributed by atoms with van der Waals surface area (Å²) in [5.74, 6) is 0.850. The number of hydrogen-bond acceptors (Lipinski definition) is 5. The number of carbonyl (C=O) groups is 2. The molecular formula is C20H22N4O4. The van der Waals surface area contributed by atoms with Crippen LogP contribution in [-0.2, 0) is 11.2 Å². The van der Waals surface area contributed by atoms with E-state index in [4.69, 9.17) is 9.47 Å². The summed E-state index contributed by atoms with van der Waals surface area (Å²) in [5, 5.41) is 5.57. The van der Waals surface area contributed by atoms with Gasteiger partial charge in [-0.1, -0.05) is 6.07 Å². The molecule has 3 aromatic rings. The van der Waals surface area contributed by atoms with Gasteiger partial charge in [0.1, 0.15) is 0 Å². The number of carbonyl (C=O) groups excluding carboxylic acids is 2. The van der Waals surface area contributed by atoms with Crippen molar-refractivity contribution >= 4 is 22.8 Å². The van der Waals surface area contributed by atoms with Crippen LogP contribution >= 0.6 is 0 Å². The molecule has 0 atom stereocenters. The van der Waals surface area contributed by atoms with E-state index in [2.05, 4.69) is 20.6 Å². The average Bonchev–Trinajstić information content (AvgIpc) is 3.18. The molecule has 0 aliphatic rings. The molecule has 0 aliphatic heterocycles. The number of amides is 2. The van der Waals surface area contributed by atoms with Gasteiger partial charge in [0.05, 0.1) is 38.0 Å². The van der Waals surface area contributed by atoms with E-state index in [-0.39, 0.29) is 18.2 Å². The number of aromatic nitrogens is 2. The molecule has 28 heavy (non-hydrogen) atoms. The van der Waals surface area contributed by atoms with Gasteiger partial charge in [0.2, 0.25) is 5.91 Å². The Labute approximate surface area is 162 Å². The van der Waals surface area contributed by atoms with Crippen LogP contribution in [0.4, 0.5) is 0 Å². The van der Waals surface area contributed by atoms with E-state index in [9.17, 15) is 9.59 Å². The maximum Gasteiger partial charge on any atom is 0.251 e. The molecule has 8 heteroatoms. The number of hydrogen-bond donors (Lipinski definition) is 3. The Hall–Kier alpha value is -3.55. The Kier molecular flexibility index (Phi) is 6.11. The van der Waals surface area contributed by atoms with Gasteiger partial charge >= 0.3 is 0 Å². The molecule has 1 aromatic heterocycles. The van der Waals surface area contributed by atoms with Crippen LogP contribution in [-0.4, -0.2) is 49.1 Å². The van der Waals surface area contributed by atoms with Crippen molar-refractivity contribution in [1.82, 2.24) is 20.6 Å². The molecule has 8 nitrogen and oxygen atoms in total. The third kappa shape index (κ3) is 4.59. The molecule has 3 rings (SSSR count). The lowest BCUT2D eigenvalue weighted by atomic mass is 10.1. The van der Waals surface area contributed by atoms with Crippen LogP contribution in [0.2, 0.25) is 0 Å². The summed E-state index contributed by atoms with van der Waals surface area (Å²) in [5.41, 5.74) is 2.95. The minimum absolute atomic E-state index is 0.139. The Balaban J connectivity index is 1.44. The number of H-pyrrole nitrogens is 1. The van der Waals surface area contributed by atoms with E-state index in [1.54, 1.807) is 50.9 Å². The molecule has 0 fully saturated rings. The minimum Gasteiger partial charge on any atom is -0.493 e. The Morgan fingerprint density at radius 3 is 2.57 bits per heavy atom. The van der Waals surface area contributed by atoms with Crippen molar-refractivity contribution in [2.24, 2.45) is 0 Å². The Morgan fingerprint density at radius 1 is 1.00 bits per heavy atom. The highest BCUT2D eigenvalue weighted by molar-refractivity contribution is 5.97. The van der Waals surface area contributed by atoms with E-state index in [1.807, 2.05) is 6.07 Å². The number of aromatic amines is 1. The monoisotopic (exact) mass is 382 g/mol. The van der Waals surface area contributed by atoms with Crippen LogP contribution in [0.3, 0.4) is 0 Å². The second-order valence-electron chi connectivity index (χ2n) is 6.11. The topological polar surface area (TPSA) is 105 Å². The van der Waals surface area contributed by atoms with Crippen LogP contribution in [0.15, 0.2) is 42.7 Å². The van der Waals surface area contributed by atoms with Gasteiger partial charge in [-0.3, -0.25) is 9.59 Å². The standard InChI is InChI=1S/C20H22N4O4/c1-27-17-6-3-13(9-18(17)28-2)10-19(25)21-7-8-22-20(26)14-4-5-15-16(11-14)24-12-23-15/h3-6,9,11-12H,7-8,10H2,1-2H3,(H,21,25)(H,22,26)(H,23,24). The highest BCUT2D eigenvalue weighted by atomic mass is 16.5. The van der Waals surface area contributed by atoms with Crippen LogP contribution in [0.5, 0.6) is 11.5 Å². The molecule has 2 aromatic carbocycles. The summed E-state index contributed by atoms with van der Waals surface area (Å²) >= 11 is 0. The van der Waals surface area contributed by atoms with Crippen molar-refractivity contribution in [3.63, 3.8) is 0 Å². The molecule has 1 heterocycles. The quantitative estimate of drug-likeness (QED) is 0.514. The van der Waals surface area contributed by atoms with E-state index in [0.717, 1.165) is 16.6 Å². The van der Waals surface area contributed by atoms with Gasteiger partial charge in [-0.05, 0) is 35.9 Å². The van der Waals surface area contributed by atoms with Crippen LogP contribution < -0.4 is 20.1 Å². The number of nitrogens with zero attached hydrogens (tertiary/aromatic N) is 1. The number of fused-ring (bicyclic) bond motifs is 1. The largest absolute Gasteiger partial charge is 0.493 e. The predicted molar refractivity (Wildman–Crippen MR) is 105 cm³/mol. The maximum absolute atomic E-state index is 12.2. The third-order valence-corrected chi connectivity index (χ3v) is 4.23. The molecule has 0 radical (unpaired) electrons. The van der Waals surface area contributed by atoms with E-state index < -0.39 is 0 Å². The van der Waals surface area contributed by atoms with E-state index >= 15 is 0 Å². The molecule has 0 unspecified atom stereocenters. The van der Waals surface area contributed by atoms with Gasteiger partial charge in [-0.25, -0.2) is 4.98 Å². The molecule has 0 aliphatic carbocycles. The fraction of sp³-hybridized carbons (Fsp3) is 0.250. The zero-order valence-electron chi connectivity index (χ0n) is 15.7. The van der Waals surface area contributed by atoms with Crippen LogP contribution in [0.25, 0.3) is 11.0 Å². The summed E-state index contributed by atoms with van der Waals surface area (Å²) in [6, 6.07) is 10.6. The first-order chi connectivity index (χ1) is 13.6. The SMILES string of the molecule is COc1ccc(CC(=O)NCCNC(=O)c2ccc3nc[nH]c3c2)cc1OC. The van der Waals surface area contributed by atoms with Crippen molar-refractivity contribution in [2.75, 3.05) is 27.3 Å². The molecular weight excluding hydrogens is 360 g/mol. The van der Waals surface area contributed by atoms with Gasteiger partial charge in [-0.2, -0.15) is 0 Å². The summed E-state index contributed by atoms with van der Waals surface area (Å²) in [6.07, 6.45) is 1.80. The van der Waals surface area contributed by atoms with E-state index in [1.165, 1.54) is 0 Å². The summed E-state index contributed by atoms with van der Waals surface area (Å²) < 4.78 is 10.4. The highest BCUT2D eigenvalue weighted by Gasteiger charge is 2.09. The van der Waals surface area contributed by atoms with Gasteiger partial charge in [-0.15, -0.1) is 0 Å². The summed E-state index contributed by atoms with van der Waals surface area (Å²) in [7, 11) is 3.11. The lowest BCUT2D eigenvalue weighted by Crippen LogP contribution is -2.35. The average molecular weight is 382 g/mol. The van der Waals surface area contributed by atoms with Gasteiger partial charge in [0.25, 0.3) is 5.91 Å². The van der Waals surface area contributed by atoms with E-state index in [0.29, 0.717) is 30.2 Å². The number of benzene rings is 2. The number of rotatable bonds is 8. The fourth-order valence-electron chi connectivity index (χ4n) is 2.80. The van der Waals surface area contributed by atoms with Crippen molar-refractivity contribution in [1.29, 1.82) is 0 Å². The first-order valence-electron chi connectivity index (χ1n) is 8.79. The Bertz CT molecular complexity index is 983. The number of imidazole rings is 1. The smallest absolute Gasteiger partial charge is 0.251 e. The van der Waals surface area contributed by atoms with Crippen molar-refractivity contribution in [3.05, 3.63) is 53.9 Å². The molecule has 3 N–H and O–H groups in total. The van der Waals surface area contributed by atoms with Gasteiger partial charge in [0.15, 0.2) is 11.5 Å². The van der Waals surface area contributed by atoms with Crippen molar-refractivity contribution in [2.45, 2.75) is 6.42 Å². The highest BCUT2D eigenvalue weighted by Crippen LogP contribution is 2.27. The first kappa shape index (κ1) is 19.2. The zero-order valence-corrected chi connectivity index (χ0v) is 15.7. The van der Waals surface area contributed by atoms with Gasteiger partial charge < -0.3 is 25.1 Å². The number of ether oxygens (including phenoxy) is 2. The molecule has 0 spiro atoms. The maximum atomic E-state index is 12.2. The Morgan fingerprint density at radius 2 is 1.79 bits per heavy atom. The van der Waals surface area contributed by atoms with Crippen LogP contribution in [0.1, 0.15) is 15.9 Å². The van der Waals surface area contributed by atoms with Crippen LogP contribution in [0, 0.1) is 0 Å². The first-order valence-corrected chi connectivity index (χ1v) is 8.79. The molecule has 146 valence electrons. The summed E-state index contributed by atoms with van der Waals surface area (Å²) in [4.78, 5) is 31.4. The predicted octanol–water partition coefficient (Wildman–Crippen LogP) is 1.67.